The van der Waals surface area contributed by atoms with Crippen LogP contribution in [-0.2, 0) is 4.79 Å². The Morgan fingerprint density at radius 3 is 1.07 bits per heavy atom. The van der Waals surface area contributed by atoms with E-state index < -0.39 is 5.97 Å². The number of unbranched alkanes of at least 4 members (excludes halogenated alkanes) is 19. The average molecular weight is 433 g/mol. The number of aliphatic carboxylic acids is 1. The van der Waals surface area contributed by atoms with Gasteiger partial charge in [0.15, 0.2) is 0 Å². The van der Waals surface area contributed by atoms with E-state index >= 15 is 0 Å². The van der Waals surface area contributed by atoms with Gasteiger partial charge in [-0.25, -0.2) is 0 Å². The van der Waals surface area contributed by atoms with Crippen molar-refractivity contribution in [1.29, 1.82) is 0 Å². The number of hydrogen-bond donors (Lipinski definition) is 1. The van der Waals surface area contributed by atoms with Crippen molar-refractivity contribution in [3.63, 3.8) is 0 Å². The van der Waals surface area contributed by atoms with E-state index in [1.54, 1.807) is 0 Å². The van der Waals surface area contributed by atoms with Crippen LogP contribution in [-0.4, -0.2) is 17.0 Å². The normalized spacial score (nSPS) is 10.6. The van der Waals surface area contributed by atoms with Gasteiger partial charge >= 0.3 is 5.97 Å². The molecule has 0 aromatic rings. The second-order valence-corrected chi connectivity index (χ2v) is 8.93. The molecule has 2 nitrogen and oxygen atoms in total. The lowest BCUT2D eigenvalue weighted by molar-refractivity contribution is -0.137. The van der Waals surface area contributed by atoms with Crippen LogP contribution >= 0.6 is 11.6 Å². The van der Waals surface area contributed by atoms with Gasteiger partial charge < -0.3 is 5.11 Å². The smallest absolute Gasteiger partial charge is 0.303 e. The molecule has 0 aliphatic heterocycles. The van der Waals surface area contributed by atoms with Crippen LogP contribution in [0.5, 0.6) is 0 Å². The van der Waals surface area contributed by atoms with Crippen LogP contribution in [0, 0.1) is 0 Å². The fourth-order valence-corrected chi connectivity index (χ4v) is 3.71. The standard InChI is InChI=1S/C14H29Cl.C12H24O2/c1-2-3-4-5-6-7-8-9-10-11-12-13-14-15;1-2-3-4-5-6-7-8-9-10-11-12(13)14/h2-14H2,1H3;2-11H2,1H3,(H,13,14). The Bertz CT molecular complexity index is 282. The first-order chi connectivity index (χ1) is 14.2. The maximum atomic E-state index is 10.2. The van der Waals surface area contributed by atoms with Crippen LogP contribution in [0.2, 0.25) is 0 Å². The van der Waals surface area contributed by atoms with Crippen LogP contribution in [0.3, 0.4) is 0 Å². The summed E-state index contributed by atoms with van der Waals surface area (Å²) in [5.41, 5.74) is 0. The molecule has 29 heavy (non-hydrogen) atoms. The molecule has 0 aliphatic rings. The van der Waals surface area contributed by atoms with Gasteiger partial charge in [-0.1, -0.05) is 136 Å². The van der Waals surface area contributed by atoms with Crippen LogP contribution in [0.25, 0.3) is 0 Å². The fourth-order valence-electron chi connectivity index (χ4n) is 3.52. The first-order valence-corrected chi connectivity index (χ1v) is 13.5. The van der Waals surface area contributed by atoms with Gasteiger partial charge in [-0.3, -0.25) is 4.79 Å². The molecule has 176 valence electrons. The van der Waals surface area contributed by atoms with E-state index in [9.17, 15) is 4.79 Å². The van der Waals surface area contributed by atoms with Crippen LogP contribution in [0.15, 0.2) is 0 Å². The number of hydrogen-bond acceptors (Lipinski definition) is 1. The zero-order chi connectivity index (χ0) is 21.8. The summed E-state index contributed by atoms with van der Waals surface area (Å²) in [5.74, 6) is 0.185. The van der Waals surface area contributed by atoms with Crippen molar-refractivity contribution in [1.82, 2.24) is 0 Å². The van der Waals surface area contributed by atoms with Crippen molar-refractivity contribution in [2.24, 2.45) is 0 Å². The number of halogens is 1. The predicted octanol–water partition coefficient (Wildman–Crippen LogP) is 9.92. The maximum Gasteiger partial charge on any atom is 0.303 e. The minimum absolute atomic E-state index is 0.343. The van der Waals surface area contributed by atoms with Crippen molar-refractivity contribution >= 4 is 17.6 Å². The van der Waals surface area contributed by atoms with Gasteiger partial charge in [-0.2, -0.15) is 0 Å². The molecular formula is C26H53ClO2. The molecule has 0 aliphatic carbocycles. The summed E-state index contributed by atoms with van der Waals surface area (Å²) in [6.07, 6.45) is 28.3. The Balaban J connectivity index is 0. The third-order valence-electron chi connectivity index (χ3n) is 5.48. The lowest BCUT2D eigenvalue weighted by Gasteiger charge is -2.01. The first kappa shape index (κ1) is 30.9. The van der Waals surface area contributed by atoms with E-state index in [-0.39, 0.29) is 0 Å². The van der Waals surface area contributed by atoms with Crippen molar-refractivity contribution < 1.29 is 9.90 Å². The molecule has 0 heterocycles. The Kier molecular flexibility index (Phi) is 32.0. The van der Waals surface area contributed by atoms with E-state index in [4.69, 9.17) is 16.7 Å². The highest BCUT2D eigenvalue weighted by atomic mass is 35.5. The fraction of sp³-hybridized carbons (Fsp3) is 0.962. The molecule has 0 atom stereocenters. The molecule has 1 N–H and O–H groups in total. The van der Waals surface area contributed by atoms with E-state index in [0.717, 1.165) is 18.7 Å². The minimum atomic E-state index is -0.659. The molecule has 0 bridgehead atoms. The third kappa shape index (κ3) is 35.6. The molecule has 0 spiro atoms. The topological polar surface area (TPSA) is 37.3 Å². The quantitative estimate of drug-likeness (QED) is 0.136. The Labute approximate surface area is 188 Å². The van der Waals surface area contributed by atoms with Gasteiger partial charge in [0.25, 0.3) is 0 Å². The molecule has 0 radical (unpaired) electrons. The van der Waals surface area contributed by atoms with Crippen LogP contribution < -0.4 is 0 Å². The summed E-state index contributed by atoms with van der Waals surface area (Å²) in [7, 11) is 0. The maximum absolute atomic E-state index is 10.2. The highest BCUT2D eigenvalue weighted by Crippen LogP contribution is 2.12. The van der Waals surface area contributed by atoms with Crippen LogP contribution in [0.4, 0.5) is 0 Å². The summed E-state index contributed by atoms with van der Waals surface area (Å²) in [6.45, 7) is 4.51. The first-order valence-electron chi connectivity index (χ1n) is 13.0. The number of alkyl halides is 1. The second-order valence-electron chi connectivity index (χ2n) is 8.55. The van der Waals surface area contributed by atoms with E-state index in [0.29, 0.717) is 6.42 Å². The second kappa shape index (κ2) is 30.0. The zero-order valence-corrected chi connectivity index (χ0v) is 20.8. The molecule has 0 saturated heterocycles. The Hall–Kier alpha value is -0.240. The lowest BCUT2D eigenvalue weighted by Crippen LogP contribution is -1.93. The molecule has 0 unspecified atom stereocenters. The van der Waals surface area contributed by atoms with Crippen LogP contribution in [0.1, 0.15) is 155 Å². The zero-order valence-electron chi connectivity index (χ0n) is 20.0. The summed E-state index contributed by atoms with van der Waals surface area (Å²) < 4.78 is 0. The number of carboxylic acid groups (broad SMARTS) is 1. The number of rotatable bonds is 22. The van der Waals surface area contributed by atoms with Gasteiger partial charge in [-0.15, -0.1) is 11.6 Å². The molecule has 0 amide bonds. The summed E-state index contributed by atoms with van der Waals surface area (Å²) in [4.78, 5) is 10.2. The Morgan fingerprint density at radius 1 is 0.517 bits per heavy atom. The van der Waals surface area contributed by atoms with Crippen molar-refractivity contribution in [3.05, 3.63) is 0 Å². The highest BCUT2D eigenvalue weighted by molar-refractivity contribution is 6.17. The molecule has 0 saturated carbocycles. The van der Waals surface area contributed by atoms with E-state index in [1.165, 1.54) is 122 Å². The number of carbonyl (C=O) groups is 1. The highest BCUT2D eigenvalue weighted by Gasteiger charge is 1.96. The molecule has 3 heteroatoms. The van der Waals surface area contributed by atoms with E-state index in [1.807, 2.05) is 0 Å². The van der Waals surface area contributed by atoms with Crippen molar-refractivity contribution in [3.8, 4) is 0 Å². The summed E-state index contributed by atoms with van der Waals surface area (Å²) in [5, 5.41) is 8.41. The monoisotopic (exact) mass is 432 g/mol. The summed E-state index contributed by atoms with van der Waals surface area (Å²) >= 11 is 5.62. The van der Waals surface area contributed by atoms with Gasteiger partial charge in [-0.05, 0) is 12.8 Å². The SMILES string of the molecule is CCCCCCCCCCCC(=O)O.CCCCCCCCCCCCCCCl. The molecule has 0 rings (SSSR count). The molecular weight excluding hydrogens is 380 g/mol. The van der Waals surface area contributed by atoms with Gasteiger partial charge in [0.2, 0.25) is 0 Å². The number of carboxylic acids is 1. The predicted molar refractivity (Wildman–Crippen MR) is 131 cm³/mol. The average Bonchev–Trinajstić information content (AvgIpc) is 2.71. The molecule has 0 aromatic heterocycles. The molecule has 0 fully saturated rings. The van der Waals surface area contributed by atoms with Gasteiger partial charge in [0.05, 0.1) is 0 Å². The largest absolute Gasteiger partial charge is 0.481 e. The van der Waals surface area contributed by atoms with Gasteiger partial charge in [0.1, 0.15) is 0 Å². The lowest BCUT2D eigenvalue weighted by atomic mass is 10.1. The van der Waals surface area contributed by atoms with Gasteiger partial charge in [0, 0.05) is 12.3 Å². The minimum Gasteiger partial charge on any atom is -0.481 e. The van der Waals surface area contributed by atoms with Crippen molar-refractivity contribution in [2.45, 2.75) is 155 Å². The van der Waals surface area contributed by atoms with E-state index in [2.05, 4.69) is 13.8 Å². The van der Waals surface area contributed by atoms with Crippen molar-refractivity contribution in [2.75, 3.05) is 5.88 Å². The Morgan fingerprint density at radius 2 is 0.793 bits per heavy atom. The third-order valence-corrected chi connectivity index (χ3v) is 5.75. The summed E-state index contributed by atoms with van der Waals surface area (Å²) in [6, 6.07) is 0. The molecule has 0 aromatic carbocycles.